The molecular formula is C11H20N2O. The predicted molar refractivity (Wildman–Crippen MR) is 56.0 cm³/mol. The number of nitrogens with zero attached hydrogens (tertiary/aromatic N) is 1. The van der Waals surface area contributed by atoms with E-state index in [1.807, 2.05) is 0 Å². The monoisotopic (exact) mass is 196 g/mol. The van der Waals surface area contributed by atoms with Crippen molar-refractivity contribution in [2.24, 2.45) is 5.92 Å². The Balaban J connectivity index is 1.97. The molecular weight excluding hydrogens is 176 g/mol. The number of hydrogen-bond acceptors (Lipinski definition) is 2. The Hall–Kier alpha value is -0.570. The summed E-state index contributed by atoms with van der Waals surface area (Å²) in [4.78, 5) is 14.2. The van der Waals surface area contributed by atoms with Crippen molar-refractivity contribution < 1.29 is 4.79 Å². The lowest BCUT2D eigenvalue weighted by atomic mass is 10.0. The Morgan fingerprint density at radius 3 is 2.57 bits per heavy atom. The number of rotatable bonds is 3. The van der Waals surface area contributed by atoms with Gasteiger partial charge in [-0.05, 0) is 39.7 Å². The van der Waals surface area contributed by atoms with Crippen molar-refractivity contribution in [3.63, 3.8) is 0 Å². The fourth-order valence-electron chi connectivity index (χ4n) is 2.39. The molecule has 3 heteroatoms. The molecule has 2 fully saturated rings. The van der Waals surface area contributed by atoms with Crippen molar-refractivity contribution in [3.8, 4) is 0 Å². The van der Waals surface area contributed by atoms with Crippen molar-refractivity contribution in [1.29, 1.82) is 0 Å². The van der Waals surface area contributed by atoms with Gasteiger partial charge in [-0.25, -0.2) is 0 Å². The lowest BCUT2D eigenvalue weighted by Gasteiger charge is -2.25. The zero-order valence-corrected chi connectivity index (χ0v) is 9.12. The smallest absolute Gasteiger partial charge is 0.227 e. The molecule has 1 amide bonds. The van der Waals surface area contributed by atoms with E-state index in [2.05, 4.69) is 24.1 Å². The van der Waals surface area contributed by atoms with Crippen LogP contribution >= 0.6 is 0 Å². The number of carbonyl (C=O) groups excluding carboxylic acids is 1. The summed E-state index contributed by atoms with van der Waals surface area (Å²) in [5, 5.41) is 3.34. The maximum Gasteiger partial charge on any atom is 0.227 e. The molecule has 1 saturated heterocycles. The third-order valence-corrected chi connectivity index (χ3v) is 3.45. The molecule has 0 spiro atoms. The summed E-state index contributed by atoms with van der Waals surface area (Å²) in [5.74, 6) is 0.614. The van der Waals surface area contributed by atoms with Gasteiger partial charge in [-0.2, -0.15) is 0 Å². The van der Waals surface area contributed by atoms with Crippen molar-refractivity contribution in [2.45, 2.75) is 45.2 Å². The van der Waals surface area contributed by atoms with Gasteiger partial charge < -0.3 is 10.2 Å². The van der Waals surface area contributed by atoms with Crippen LogP contribution in [0.2, 0.25) is 0 Å². The van der Waals surface area contributed by atoms with Gasteiger partial charge in [0, 0.05) is 18.6 Å². The van der Waals surface area contributed by atoms with E-state index < -0.39 is 0 Å². The molecule has 0 aromatic carbocycles. The first-order valence-electron chi connectivity index (χ1n) is 5.78. The average molecular weight is 196 g/mol. The highest BCUT2D eigenvalue weighted by molar-refractivity contribution is 5.80. The molecule has 1 heterocycles. The molecule has 1 N–H and O–H groups in total. The van der Waals surface area contributed by atoms with Crippen LogP contribution in [0.4, 0.5) is 0 Å². The molecule has 80 valence electrons. The van der Waals surface area contributed by atoms with E-state index in [1.54, 1.807) is 0 Å². The first-order chi connectivity index (χ1) is 6.74. The second-order valence-electron chi connectivity index (χ2n) is 4.49. The summed E-state index contributed by atoms with van der Waals surface area (Å²) in [6.07, 6.45) is 3.45. The Bertz CT molecular complexity index is 221. The van der Waals surface area contributed by atoms with Gasteiger partial charge in [-0.1, -0.05) is 0 Å². The van der Waals surface area contributed by atoms with Crippen LogP contribution in [0.5, 0.6) is 0 Å². The minimum atomic E-state index is 0.232. The Kier molecular flexibility index (Phi) is 2.77. The summed E-state index contributed by atoms with van der Waals surface area (Å²) < 4.78 is 0. The Morgan fingerprint density at radius 2 is 2.14 bits per heavy atom. The number of hydrogen-bond donors (Lipinski definition) is 1. The van der Waals surface area contributed by atoms with Gasteiger partial charge in [0.2, 0.25) is 5.91 Å². The van der Waals surface area contributed by atoms with E-state index in [0.717, 1.165) is 19.5 Å². The Morgan fingerprint density at radius 1 is 1.43 bits per heavy atom. The molecule has 1 aliphatic carbocycles. The lowest BCUT2D eigenvalue weighted by molar-refractivity contribution is -0.136. The van der Waals surface area contributed by atoms with Gasteiger partial charge >= 0.3 is 0 Å². The molecule has 0 radical (unpaired) electrons. The molecule has 0 aromatic heterocycles. The van der Waals surface area contributed by atoms with E-state index >= 15 is 0 Å². The first-order valence-corrected chi connectivity index (χ1v) is 5.78. The minimum Gasteiger partial charge on any atom is -0.340 e. The molecule has 2 aliphatic rings. The maximum absolute atomic E-state index is 12.2. The van der Waals surface area contributed by atoms with Crippen molar-refractivity contribution >= 4 is 5.91 Å². The average Bonchev–Trinajstić information content (AvgIpc) is 2.90. The number of amides is 1. The van der Waals surface area contributed by atoms with E-state index in [4.69, 9.17) is 0 Å². The van der Waals surface area contributed by atoms with Gasteiger partial charge in [0.15, 0.2) is 0 Å². The predicted octanol–water partition coefficient (Wildman–Crippen LogP) is 0.995. The fourth-order valence-corrected chi connectivity index (χ4v) is 2.39. The lowest BCUT2D eigenvalue weighted by Crippen LogP contribution is -2.41. The third kappa shape index (κ3) is 1.78. The summed E-state index contributed by atoms with van der Waals surface area (Å²) in [5.41, 5.74) is 0. The fraction of sp³-hybridized carbons (Fsp3) is 0.909. The zero-order chi connectivity index (χ0) is 10.1. The molecule has 14 heavy (non-hydrogen) atoms. The molecule has 1 aliphatic heterocycles. The topological polar surface area (TPSA) is 32.3 Å². The molecule has 2 rings (SSSR count). The van der Waals surface area contributed by atoms with Crippen LogP contribution in [0.3, 0.4) is 0 Å². The SMILES string of the molecule is CCN(C(=O)C1CCNC1C)C1CC1. The summed E-state index contributed by atoms with van der Waals surface area (Å²) in [6.45, 7) is 6.09. The molecule has 0 aromatic rings. The van der Waals surface area contributed by atoms with Gasteiger partial charge in [-0.15, -0.1) is 0 Å². The number of carbonyl (C=O) groups is 1. The van der Waals surface area contributed by atoms with E-state index in [9.17, 15) is 4.79 Å². The number of nitrogens with one attached hydrogen (secondary N) is 1. The van der Waals surface area contributed by atoms with Crippen LogP contribution in [-0.2, 0) is 4.79 Å². The van der Waals surface area contributed by atoms with Crippen molar-refractivity contribution in [3.05, 3.63) is 0 Å². The van der Waals surface area contributed by atoms with Crippen LogP contribution < -0.4 is 5.32 Å². The maximum atomic E-state index is 12.2. The highest BCUT2D eigenvalue weighted by atomic mass is 16.2. The van der Waals surface area contributed by atoms with E-state index in [1.165, 1.54) is 12.8 Å². The summed E-state index contributed by atoms with van der Waals surface area (Å²) >= 11 is 0. The molecule has 2 atom stereocenters. The van der Waals surface area contributed by atoms with Crippen LogP contribution in [0.1, 0.15) is 33.1 Å². The molecule has 0 bridgehead atoms. The summed E-state index contributed by atoms with van der Waals surface area (Å²) in [7, 11) is 0. The second-order valence-corrected chi connectivity index (χ2v) is 4.49. The minimum absolute atomic E-state index is 0.232. The van der Waals surface area contributed by atoms with Gasteiger partial charge in [0.05, 0.1) is 5.92 Å². The van der Waals surface area contributed by atoms with Crippen LogP contribution in [0, 0.1) is 5.92 Å². The first kappa shape index (κ1) is 9.97. The summed E-state index contributed by atoms with van der Waals surface area (Å²) in [6, 6.07) is 0.940. The molecule has 2 unspecified atom stereocenters. The van der Waals surface area contributed by atoms with Gasteiger partial charge in [0.25, 0.3) is 0 Å². The van der Waals surface area contributed by atoms with Gasteiger partial charge in [0.1, 0.15) is 0 Å². The Labute approximate surface area is 85.8 Å². The highest BCUT2D eigenvalue weighted by Gasteiger charge is 2.38. The second kappa shape index (κ2) is 3.89. The normalized spacial score (nSPS) is 31.9. The largest absolute Gasteiger partial charge is 0.340 e. The standard InChI is InChI=1S/C11H20N2O/c1-3-13(9-4-5-9)11(14)10-6-7-12-8(10)2/h8-10,12H,3-7H2,1-2H3. The van der Waals surface area contributed by atoms with E-state index in [-0.39, 0.29) is 5.92 Å². The van der Waals surface area contributed by atoms with Gasteiger partial charge in [-0.3, -0.25) is 4.79 Å². The zero-order valence-electron chi connectivity index (χ0n) is 9.12. The quantitative estimate of drug-likeness (QED) is 0.730. The highest BCUT2D eigenvalue weighted by Crippen LogP contribution is 2.29. The molecule has 3 nitrogen and oxygen atoms in total. The third-order valence-electron chi connectivity index (χ3n) is 3.45. The van der Waals surface area contributed by atoms with Crippen molar-refractivity contribution in [1.82, 2.24) is 10.2 Å². The van der Waals surface area contributed by atoms with Crippen molar-refractivity contribution in [2.75, 3.05) is 13.1 Å². The van der Waals surface area contributed by atoms with Crippen LogP contribution in [0.15, 0.2) is 0 Å². The molecule has 1 saturated carbocycles. The van der Waals surface area contributed by atoms with Crippen LogP contribution in [-0.4, -0.2) is 36.0 Å². The van der Waals surface area contributed by atoms with E-state index in [0.29, 0.717) is 18.0 Å². The van der Waals surface area contributed by atoms with Crippen LogP contribution in [0.25, 0.3) is 0 Å².